The molecule has 7 nitrogen and oxygen atoms in total. The van der Waals surface area contributed by atoms with E-state index >= 15 is 0 Å². The van der Waals surface area contributed by atoms with E-state index in [1.165, 1.54) is 37.7 Å². The highest BCUT2D eigenvalue weighted by atomic mass is 127. The Morgan fingerprint density at radius 2 is 1.71 bits per heavy atom. The van der Waals surface area contributed by atoms with Crippen molar-refractivity contribution < 1.29 is 4.74 Å². The molecule has 2 aromatic rings. The summed E-state index contributed by atoms with van der Waals surface area (Å²) in [5.74, 6) is 2.72. The summed E-state index contributed by atoms with van der Waals surface area (Å²) in [7, 11) is 1.84. The second-order valence-corrected chi connectivity index (χ2v) is 7.95. The van der Waals surface area contributed by atoms with Gasteiger partial charge in [0.25, 0.3) is 0 Å². The topological polar surface area (TPSA) is 65.9 Å². The number of nitrogens with one attached hydrogen (secondary N) is 1. The Balaban J connectivity index is 0.00000272. The van der Waals surface area contributed by atoms with E-state index in [0.29, 0.717) is 6.10 Å². The molecule has 1 aromatic heterocycles. The molecule has 0 unspecified atom stereocenters. The molecule has 1 aliphatic heterocycles. The zero-order valence-electron chi connectivity index (χ0n) is 18.2. The van der Waals surface area contributed by atoms with Gasteiger partial charge in [-0.25, -0.2) is 9.97 Å². The summed E-state index contributed by atoms with van der Waals surface area (Å²) in [6.45, 7) is 4.31. The highest BCUT2D eigenvalue weighted by Crippen LogP contribution is 2.23. The van der Waals surface area contributed by atoms with Crippen LogP contribution in [0.1, 0.15) is 37.7 Å². The van der Waals surface area contributed by atoms with Crippen molar-refractivity contribution in [3.63, 3.8) is 0 Å². The standard InChI is InChI=1S/C23H32N6O.HI/c1-24-22(28-14-16-29(17-15-28)23-25-12-5-13-26-23)27-18-19-8-10-21(11-9-19)30-20-6-3-2-4-7-20;/h5,8-13,20H,2-4,6-7,14-18H2,1H3,(H,24,27);1H. The highest BCUT2D eigenvalue weighted by Gasteiger charge is 2.21. The van der Waals surface area contributed by atoms with Gasteiger partial charge in [0, 0.05) is 52.2 Å². The van der Waals surface area contributed by atoms with E-state index in [4.69, 9.17) is 4.74 Å². The Labute approximate surface area is 202 Å². The maximum Gasteiger partial charge on any atom is 0.225 e. The SMILES string of the molecule is CN=C(NCc1ccc(OC2CCCCC2)cc1)N1CCN(c2ncccn2)CC1.I. The number of aromatic nitrogens is 2. The molecule has 0 bridgehead atoms. The summed E-state index contributed by atoms with van der Waals surface area (Å²) in [6.07, 6.45) is 10.3. The molecule has 1 aromatic carbocycles. The van der Waals surface area contributed by atoms with Crippen LogP contribution in [0, 0.1) is 0 Å². The first-order valence-corrected chi connectivity index (χ1v) is 11.0. The first-order chi connectivity index (χ1) is 14.8. The van der Waals surface area contributed by atoms with Gasteiger partial charge in [0.05, 0.1) is 6.10 Å². The number of anilines is 1. The molecule has 1 saturated carbocycles. The monoisotopic (exact) mass is 536 g/mol. The molecule has 0 amide bonds. The second kappa shape index (κ2) is 12.1. The number of benzene rings is 1. The van der Waals surface area contributed by atoms with Gasteiger partial charge in [-0.15, -0.1) is 24.0 Å². The summed E-state index contributed by atoms with van der Waals surface area (Å²) in [5.41, 5.74) is 1.23. The molecule has 4 rings (SSSR count). The molecule has 2 heterocycles. The first kappa shape index (κ1) is 23.6. The molecule has 8 heteroatoms. The third-order valence-electron chi connectivity index (χ3n) is 5.85. The molecule has 0 atom stereocenters. The molecule has 0 radical (unpaired) electrons. The number of piperazine rings is 1. The van der Waals surface area contributed by atoms with Gasteiger partial charge in [-0.2, -0.15) is 0 Å². The molecule has 2 aliphatic rings. The van der Waals surface area contributed by atoms with Gasteiger partial charge < -0.3 is 19.9 Å². The predicted octanol–water partition coefficient (Wildman–Crippen LogP) is 3.70. The van der Waals surface area contributed by atoms with Gasteiger partial charge in [-0.1, -0.05) is 18.6 Å². The van der Waals surface area contributed by atoms with Crippen molar-refractivity contribution in [2.24, 2.45) is 4.99 Å². The number of halogens is 1. The van der Waals surface area contributed by atoms with Crippen LogP contribution in [0.2, 0.25) is 0 Å². The van der Waals surface area contributed by atoms with Gasteiger partial charge in [0.1, 0.15) is 5.75 Å². The van der Waals surface area contributed by atoms with Crippen LogP contribution in [0.5, 0.6) is 5.75 Å². The third-order valence-corrected chi connectivity index (χ3v) is 5.85. The van der Waals surface area contributed by atoms with Gasteiger partial charge in [0.2, 0.25) is 5.95 Å². The number of ether oxygens (including phenoxy) is 1. The Kier molecular flexibility index (Phi) is 9.17. The fourth-order valence-electron chi connectivity index (χ4n) is 4.15. The van der Waals surface area contributed by atoms with Crippen molar-refractivity contribution in [3.05, 3.63) is 48.3 Å². The van der Waals surface area contributed by atoms with E-state index in [2.05, 4.69) is 54.3 Å². The number of rotatable bonds is 5. The van der Waals surface area contributed by atoms with Crippen LogP contribution in [0.3, 0.4) is 0 Å². The van der Waals surface area contributed by atoms with Crippen LogP contribution in [-0.4, -0.2) is 60.2 Å². The van der Waals surface area contributed by atoms with Crippen molar-refractivity contribution >= 4 is 35.9 Å². The van der Waals surface area contributed by atoms with Gasteiger partial charge in [-0.3, -0.25) is 4.99 Å². The molecule has 0 spiro atoms. The Bertz CT molecular complexity index is 803. The number of aliphatic imine (C=N–C) groups is 1. The zero-order chi connectivity index (χ0) is 20.6. The van der Waals surface area contributed by atoms with Crippen molar-refractivity contribution in [2.45, 2.75) is 44.8 Å². The minimum atomic E-state index is 0. The summed E-state index contributed by atoms with van der Waals surface area (Å²) >= 11 is 0. The number of guanidine groups is 1. The van der Waals surface area contributed by atoms with E-state index in [1.54, 1.807) is 12.4 Å². The van der Waals surface area contributed by atoms with E-state index in [0.717, 1.165) is 50.4 Å². The molecule has 2 fully saturated rings. The van der Waals surface area contributed by atoms with Crippen LogP contribution >= 0.6 is 24.0 Å². The van der Waals surface area contributed by atoms with E-state index in [-0.39, 0.29) is 24.0 Å². The highest BCUT2D eigenvalue weighted by molar-refractivity contribution is 14.0. The molecule has 1 saturated heterocycles. The summed E-state index contributed by atoms with van der Waals surface area (Å²) in [5, 5.41) is 3.50. The average Bonchev–Trinajstić information content (AvgIpc) is 2.82. The molecular formula is C23H33IN6O. The molecular weight excluding hydrogens is 503 g/mol. The molecule has 1 aliphatic carbocycles. The third kappa shape index (κ3) is 6.69. The Morgan fingerprint density at radius 1 is 1.03 bits per heavy atom. The number of nitrogens with zero attached hydrogens (tertiary/aromatic N) is 5. The quantitative estimate of drug-likeness (QED) is 0.357. The average molecular weight is 536 g/mol. The van der Waals surface area contributed by atoms with E-state index < -0.39 is 0 Å². The fraction of sp³-hybridized carbons (Fsp3) is 0.522. The fourth-order valence-corrected chi connectivity index (χ4v) is 4.15. The lowest BCUT2D eigenvalue weighted by molar-refractivity contribution is 0.155. The second-order valence-electron chi connectivity index (χ2n) is 7.95. The first-order valence-electron chi connectivity index (χ1n) is 11.0. The largest absolute Gasteiger partial charge is 0.490 e. The van der Waals surface area contributed by atoms with Crippen molar-refractivity contribution in [1.29, 1.82) is 0 Å². The smallest absolute Gasteiger partial charge is 0.225 e. The summed E-state index contributed by atoms with van der Waals surface area (Å²) < 4.78 is 6.13. The van der Waals surface area contributed by atoms with Gasteiger partial charge >= 0.3 is 0 Å². The molecule has 168 valence electrons. The normalized spacial score (nSPS) is 17.8. The van der Waals surface area contributed by atoms with Crippen molar-refractivity contribution in [1.82, 2.24) is 20.2 Å². The number of hydrogen-bond donors (Lipinski definition) is 1. The maximum atomic E-state index is 6.13. The van der Waals surface area contributed by atoms with Gasteiger partial charge in [0.15, 0.2) is 5.96 Å². The van der Waals surface area contributed by atoms with Crippen LogP contribution < -0.4 is 15.0 Å². The maximum absolute atomic E-state index is 6.13. The van der Waals surface area contributed by atoms with Crippen molar-refractivity contribution in [3.8, 4) is 5.75 Å². The Morgan fingerprint density at radius 3 is 2.35 bits per heavy atom. The lowest BCUT2D eigenvalue weighted by Gasteiger charge is -2.36. The van der Waals surface area contributed by atoms with Crippen LogP contribution in [0.25, 0.3) is 0 Å². The van der Waals surface area contributed by atoms with Crippen LogP contribution in [-0.2, 0) is 6.54 Å². The van der Waals surface area contributed by atoms with Crippen LogP contribution in [0.15, 0.2) is 47.7 Å². The Hall–Kier alpha value is -2.10. The predicted molar refractivity (Wildman–Crippen MR) is 135 cm³/mol. The van der Waals surface area contributed by atoms with Crippen molar-refractivity contribution in [2.75, 3.05) is 38.1 Å². The van der Waals surface area contributed by atoms with E-state index in [1.807, 2.05) is 13.1 Å². The summed E-state index contributed by atoms with van der Waals surface area (Å²) in [4.78, 5) is 17.7. The lowest BCUT2D eigenvalue weighted by atomic mass is 9.98. The van der Waals surface area contributed by atoms with Gasteiger partial charge in [-0.05, 0) is 49.4 Å². The minimum Gasteiger partial charge on any atom is -0.490 e. The minimum absolute atomic E-state index is 0. The van der Waals surface area contributed by atoms with E-state index in [9.17, 15) is 0 Å². The van der Waals surface area contributed by atoms with Crippen LogP contribution in [0.4, 0.5) is 5.95 Å². The molecule has 1 N–H and O–H groups in total. The molecule has 31 heavy (non-hydrogen) atoms. The summed E-state index contributed by atoms with van der Waals surface area (Å²) in [6, 6.07) is 10.3. The zero-order valence-corrected chi connectivity index (χ0v) is 20.6. The number of hydrogen-bond acceptors (Lipinski definition) is 5. The lowest BCUT2D eigenvalue weighted by Crippen LogP contribution is -2.52.